The molecular formula is C15H18F3N. The zero-order valence-corrected chi connectivity index (χ0v) is 10.7. The molecule has 2 fully saturated rings. The summed E-state index contributed by atoms with van der Waals surface area (Å²) >= 11 is 0. The van der Waals surface area contributed by atoms with Gasteiger partial charge in [-0.3, -0.25) is 4.90 Å². The van der Waals surface area contributed by atoms with Gasteiger partial charge in [0.15, 0.2) is 0 Å². The van der Waals surface area contributed by atoms with E-state index in [1.807, 2.05) is 30.3 Å². The van der Waals surface area contributed by atoms with Crippen molar-refractivity contribution >= 4 is 0 Å². The fourth-order valence-electron chi connectivity index (χ4n) is 3.43. The largest absolute Gasteiger partial charge is 0.405 e. The Balaban J connectivity index is 1.81. The minimum Gasteiger partial charge on any atom is -0.279 e. The Labute approximate surface area is 111 Å². The molecule has 0 radical (unpaired) electrons. The van der Waals surface area contributed by atoms with Gasteiger partial charge in [0.05, 0.1) is 6.04 Å². The van der Waals surface area contributed by atoms with Crippen LogP contribution in [-0.4, -0.2) is 23.2 Å². The number of alkyl halides is 3. The summed E-state index contributed by atoms with van der Waals surface area (Å²) in [4.78, 5) is 1.69. The summed E-state index contributed by atoms with van der Waals surface area (Å²) in [5.41, 5.74) is 0.801. The molecular weight excluding hydrogens is 251 g/mol. The van der Waals surface area contributed by atoms with E-state index in [4.69, 9.17) is 0 Å². The van der Waals surface area contributed by atoms with Crippen molar-refractivity contribution in [1.82, 2.24) is 4.90 Å². The second-order valence-corrected chi connectivity index (χ2v) is 5.58. The minimum atomic E-state index is -4.11. The molecule has 1 heterocycles. The van der Waals surface area contributed by atoms with Crippen molar-refractivity contribution in [3.05, 3.63) is 35.9 Å². The lowest BCUT2D eigenvalue weighted by atomic mass is 9.95. The molecule has 1 aromatic rings. The highest BCUT2D eigenvalue weighted by atomic mass is 19.4. The van der Waals surface area contributed by atoms with Crippen LogP contribution in [0.5, 0.6) is 0 Å². The van der Waals surface area contributed by atoms with Crippen LogP contribution in [0.3, 0.4) is 0 Å². The molecule has 104 valence electrons. The highest BCUT2D eigenvalue weighted by molar-refractivity contribution is 5.29. The van der Waals surface area contributed by atoms with Gasteiger partial charge in [-0.15, -0.1) is 0 Å². The summed E-state index contributed by atoms with van der Waals surface area (Å²) in [5, 5.41) is 0. The van der Waals surface area contributed by atoms with E-state index in [0.29, 0.717) is 0 Å². The van der Waals surface area contributed by atoms with Crippen LogP contribution in [0.15, 0.2) is 30.3 Å². The molecule has 4 heteroatoms. The fourth-order valence-corrected chi connectivity index (χ4v) is 3.43. The molecule has 1 aliphatic carbocycles. The van der Waals surface area contributed by atoms with E-state index >= 15 is 0 Å². The van der Waals surface area contributed by atoms with E-state index in [2.05, 4.69) is 0 Å². The Bertz CT molecular complexity index is 423. The van der Waals surface area contributed by atoms with Crippen molar-refractivity contribution in [2.75, 3.05) is 0 Å². The van der Waals surface area contributed by atoms with Crippen molar-refractivity contribution in [3.8, 4) is 0 Å². The average molecular weight is 269 g/mol. The molecule has 0 N–H and O–H groups in total. The Morgan fingerprint density at radius 3 is 2.16 bits per heavy atom. The van der Waals surface area contributed by atoms with Crippen molar-refractivity contribution in [1.29, 1.82) is 0 Å². The second kappa shape index (κ2) is 4.82. The van der Waals surface area contributed by atoms with E-state index in [0.717, 1.165) is 37.7 Å². The van der Waals surface area contributed by atoms with Gasteiger partial charge in [0, 0.05) is 6.04 Å². The minimum absolute atomic E-state index is 0.116. The molecule has 0 aromatic heterocycles. The van der Waals surface area contributed by atoms with Gasteiger partial charge in [0.25, 0.3) is 0 Å². The summed E-state index contributed by atoms with van der Waals surface area (Å²) in [6.07, 6.45) is 1.00. The lowest BCUT2D eigenvalue weighted by Crippen LogP contribution is -2.29. The summed E-state index contributed by atoms with van der Waals surface area (Å²) in [7, 11) is 0. The van der Waals surface area contributed by atoms with E-state index in [9.17, 15) is 13.2 Å². The number of hydrogen-bond acceptors (Lipinski definition) is 1. The molecule has 0 bridgehead atoms. The van der Waals surface area contributed by atoms with Gasteiger partial charge in [-0.05, 0) is 18.4 Å². The van der Waals surface area contributed by atoms with Gasteiger partial charge < -0.3 is 0 Å². The van der Waals surface area contributed by atoms with E-state index in [1.165, 1.54) is 0 Å². The number of hydrogen-bond donors (Lipinski definition) is 0. The maximum Gasteiger partial charge on any atom is 0.405 e. The Morgan fingerprint density at radius 1 is 0.947 bits per heavy atom. The molecule has 19 heavy (non-hydrogen) atoms. The predicted molar refractivity (Wildman–Crippen MR) is 67.7 cm³/mol. The smallest absolute Gasteiger partial charge is 0.279 e. The quantitative estimate of drug-likeness (QED) is 0.723. The third kappa shape index (κ3) is 2.50. The van der Waals surface area contributed by atoms with Crippen LogP contribution in [0.2, 0.25) is 0 Å². The molecule has 1 nitrogen and oxygen atoms in total. The number of rotatable bonds is 2. The highest BCUT2D eigenvalue weighted by Gasteiger charge is 2.64. The standard InChI is InChI=1S/C15H18F3N/c16-15(17,18)14-13(11-7-3-1-4-8-11)19(14)12-9-5-2-6-10-12/h1,3-4,7-8,12-14H,2,5-6,9-10H2/t13-,14+,19?/m1/s1. The first-order valence-corrected chi connectivity index (χ1v) is 6.98. The first kappa shape index (κ1) is 13.0. The average Bonchev–Trinajstić information content (AvgIpc) is 3.16. The number of nitrogens with zero attached hydrogens (tertiary/aromatic N) is 1. The van der Waals surface area contributed by atoms with E-state index < -0.39 is 18.3 Å². The normalized spacial score (nSPS) is 32.3. The summed E-state index contributed by atoms with van der Waals surface area (Å²) in [6.45, 7) is 0. The highest BCUT2D eigenvalue weighted by Crippen LogP contribution is 2.54. The zero-order chi connectivity index (χ0) is 13.5. The van der Waals surface area contributed by atoms with Gasteiger partial charge in [0.2, 0.25) is 0 Å². The first-order chi connectivity index (χ1) is 9.09. The summed E-state index contributed by atoms with van der Waals surface area (Å²) < 4.78 is 39.4. The predicted octanol–water partition coefficient (Wildman–Crippen LogP) is 4.31. The molecule has 1 saturated carbocycles. The summed E-state index contributed by atoms with van der Waals surface area (Å²) in [6, 6.07) is 7.51. The monoisotopic (exact) mass is 269 g/mol. The molecule has 1 aromatic carbocycles. The van der Waals surface area contributed by atoms with Gasteiger partial charge >= 0.3 is 6.18 Å². The van der Waals surface area contributed by atoms with E-state index in [1.54, 1.807) is 4.90 Å². The first-order valence-electron chi connectivity index (χ1n) is 6.98. The van der Waals surface area contributed by atoms with Crippen LogP contribution < -0.4 is 0 Å². The SMILES string of the molecule is FC(F)(F)[C@@H]1[C@@H](c2ccccc2)N1C1CCCCC1. The third-order valence-electron chi connectivity index (χ3n) is 4.32. The second-order valence-electron chi connectivity index (χ2n) is 5.58. The molecule has 3 rings (SSSR count). The Hall–Kier alpha value is -1.03. The van der Waals surface area contributed by atoms with Gasteiger partial charge in [0.1, 0.15) is 6.04 Å². The molecule has 1 saturated heterocycles. The Morgan fingerprint density at radius 2 is 1.58 bits per heavy atom. The molecule has 3 atom stereocenters. The molecule has 1 unspecified atom stereocenters. The maximum atomic E-state index is 13.1. The van der Waals surface area contributed by atoms with Crippen LogP contribution in [0.4, 0.5) is 13.2 Å². The summed E-state index contributed by atoms with van der Waals surface area (Å²) in [5.74, 6) is 0. The van der Waals surface area contributed by atoms with Crippen LogP contribution >= 0.6 is 0 Å². The molecule has 1 aliphatic heterocycles. The number of benzene rings is 1. The van der Waals surface area contributed by atoms with Gasteiger partial charge in [-0.1, -0.05) is 49.6 Å². The number of halogens is 3. The lowest BCUT2D eigenvalue weighted by Gasteiger charge is -2.24. The lowest BCUT2D eigenvalue weighted by molar-refractivity contribution is -0.139. The zero-order valence-electron chi connectivity index (χ0n) is 10.7. The fraction of sp³-hybridized carbons (Fsp3) is 0.600. The van der Waals surface area contributed by atoms with Crippen LogP contribution in [0.1, 0.15) is 43.7 Å². The third-order valence-corrected chi connectivity index (χ3v) is 4.32. The van der Waals surface area contributed by atoms with Crippen molar-refractivity contribution < 1.29 is 13.2 Å². The van der Waals surface area contributed by atoms with Crippen LogP contribution in [0.25, 0.3) is 0 Å². The van der Waals surface area contributed by atoms with Crippen molar-refractivity contribution in [2.24, 2.45) is 0 Å². The topological polar surface area (TPSA) is 3.01 Å². The van der Waals surface area contributed by atoms with Crippen molar-refractivity contribution in [3.63, 3.8) is 0 Å². The van der Waals surface area contributed by atoms with E-state index in [-0.39, 0.29) is 6.04 Å². The van der Waals surface area contributed by atoms with Crippen LogP contribution in [0, 0.1) is 0 Å². The van der Waals surface area contributed by atoms with Crippen LogP contribution in [-0.2, 0) is 0 Å². The molecule has 0 amide bonds. The maximum absolute atomic E-state index is 13.1. The van der Waals surface area contributed by atoms with Gasteiger partial charge in [-0.25, -0.2) is 0 Å². The molecule has 2 aliphatic rings. The van der Waals surface area contributed by atoms with Gasteiger partial charge in [-0.2, -0.15) is 13.2 Å². The van der Waals surface area contributed by atoms with Crippen molar-refractivity contribution in [2.45, 2.75) is 56.4 Å². The Kier molecular flexibility index (Phi) is 3.29. The molecule has 0 spiro atoms.